The fourth-order valence-corrected chi connectivity index (χ4v) is 2.73. The number of ketones is 1. The van der Waals surface area contributed by atoms with Gasteiger partial charge in [0.15, 0.2) is 0 Å². The lowest BCUT2D eigenvalue weighted by Gasteiger charge is -2.28. The van der Waals surface area contributed by atoms with Crippen LogP contribution in [0.1, 0.15) is 39.0 Å². The van der Waals surface area contributed by atoms with E-state index in [2.05, 4.69) is 6.92 Å². The maximum atomic E-state index is 11.6. The summed E-state index contributed by atoms with van der Waals surface area (Å²) in [6, 6.07) is 0. The molecule has 0 saturated heterocycles. The molecule has 62 valence electrons. The molecule has 3 unspecified atom stereocenters. The van der Waals surface area contributed by atoms with Crippen LogP contribution in [0.2, 0.25) is 0 Å². The van der Waals surface area contributed by atoms with Crippen LogP contribution in [0.5, 0.6) is 0 Å². The second-order valence-electron chi connectivity index (χ2n) is 4.18. The van der Waals surface area contributed by atoms with E-state index in [0.29, 0.717) is 17.6 Å². The average Bonchev–Trinajstić information content (AvgIpc) is 2.45. The Labute approximate surface area is 68.2 Å². The van der Waals surface area contributed by atoms with E-state index >= 15 is 0 Å². The third-order valence-electron chi connectivity index (χ3n) is 3.48. The van der Waals surface area contributed by atoms with Gasteiger partial charge in [0.25, 0.3) is 0 Å². The third kappa shape index (κ3) is 1.11. The molecule has 3 atom stereocenters. The summed E-state index contributed by atoms with van der Waals surface area (Å²) in [5.74, 6) is 2.19. The van der Waals surface area contributed by atoms with Gasteiger partial charge >= 0.3 is 0 Å². The molecule has 0 aromatic heterocycles. The number of rotatable bonds is 0. The van der Waals surface area contributed by atoms with Gasteiger partial charge in [-0.25, -0.2) is 0 Å². The highest BCUT2D eigenvalue weighted by Crippen LogP contribution is 2.41. The first-order valence-electron chi connectivity index (χ1n) is 4.83. The van der Waals surface area contributed by atoms with Crippen molar-refractivity contribution in [3.63, 3.8) is 0 Å². The fourth-order valence-electron chi connectivity index (χ4n) is 2.73. The zero-order valence-corrected chi connectivity index (χ0v) is 7.18. The van der Waals surface area contributed by atoms with Crippen LogP contribution in [0.3, 0.4) is 0 Å². The molecule has 2 aliphatic rings. The standard InChI is InChI=1S/C10H16O/c1-7-5-6-8-3-2-4-9(8)10(7)11/h7-9H,2-6H2,1H3. The van der Waals surface area contributed by atoms with Gasteiger partial charge in [-0.15, -0.1) is 0 Å². The Balaban J connectivity index is 2.12. The van der Waals surface area contributed by atoms with E-state index in [4.69, 9.17) is 0 Å². The molecule has 0 N–H and O–H groups in total. The van der Waals surface area contributed by atoms with Crippen molar-refractivity contribution in [1.82, 2.24) is 0 Å². The first kappa shape index (κ1) is 7.33. The molecule has 2 fully saturated rings. The molecule has 2 rings (SSSR count). The summed E-state index contributed by atoms with van der Waals surface area (Å²) in [6.45, 7) is 2.09. The molecule has 0 spiro atoms. The van der Waals surface area contributed by atoms with Crippen LogP contribution in [0.25, 0.3) is 0 Å². The summed E-state index contributed by atoms with van der Waals surface area (Å²) in [5, 5.41) is 0. The van der Waals surface area contributed by atoms with Crippen LogP contribution in [0.15, 0.2) is 0 Å². The smallest absolute Gasteiger partial charge is 0.139 e. The molecule has 0 heterocycles. The number of carbonyl (C=O) groups excluding carboxylic acids is 1. The first-order chi connectivity index (χ1) is 5.29. The van der Waals surface area contributed by atoms with Gasteiger partial charge in [0.2, 0.25) is 0 Å². The van der Waals surface area contributed by atoms with Gasteiger partial charge in [-0.05, 0) is 31.6 Å². The van der Waals surface area contributed by atoms with Gasteiger partial charge in [0, 0.05) is 11.8 Å². The molecule has 0 amide bonds. The Hall–Kier alpha value is -0.330. The molecule has 0 aliphatic heterocycles. The first-order valence-corrected chi connectivity index (χ1v) is 4.83. The van der Waals surface area contributed by atoms with Crippen molar-refractivity contribution in [2.24, 2.45) is 17.8 Å². The lowest BCUT2D eigenvalue weighted by atomic mass is 9.76. The Bertz CT molecular complexity index is 174. The van der Waals surface area contributed by atoms with E-state index in [9.17, 15) is 4.79 Å². The predicted molar refractivity (Wildman–Crippen MR) is 44.2 cm³/mol. The van der Waals surface area contributed by atoms with Gasteiger partial charge in [-0.3, -0.25) is 4.79 Å². The van der Waals surface area contributed by atoms with Crippen LogP contribution in [0.4, 0.5) is 0 Å². The van der Waals surface area contributed by atoms with Crippen molar-refractivity contribution in [3.8, 4) is 0 Å². The lowest BCUT2D eigenvalue weighted by Crippen LogP contribution is -2.30. The average molecular weight is 152 g/mol. The lowest BCUT2D eigenvalue weighted by molar-refractivity contribution is -0.129. The van der Waals surface area contributed by atoms with Crippen molar-refractivity contribution in [1.29, 1.82) is 0 Å². The topological polar surface area (TPSA) is 17.1 Å². The summed E-state index contributed by atoms with van der Waals surface area (Å²) in [4.78, 5) is 11.6. The van der Waals surface area contributed by atoms with Crippen molar-refractivity contribution >= 4 is 5.78 Å². The number of Topliss-reactive ketones (excluding diaryl/α,β-unsaturated/α-hetero) is 1. The Morgan fingerprint density at radius 3 is 2.82 bits per heavy atom. The normalized spacial score (nSPS) is 44.1. The van der Waals surface area contributed by atoms with Crippen molar-refractivity contribution in [2.45, 2.75) is 39.0 Å². The van der Waals surface area contributed by atoms with Gasteiger partial charge in [-0.1, -0.05) is 13.3 Å². The second kappa shape index (κ2) is 2.62. The summed E-state index contributed by atoms with van der Waals surface area (Å²) in [6.07, 6.45) is 6.28. The molecule has 2 aliphatic carbocycles. The van der Waals surface area contributed by atoms with Crippen molar-refractivity contribution in [2.75, 3.05) is 0 Å². The minimum atomic E-state index is 0.370. The molecule has 0 radical (unpaired) electrons. The van der Waals surface area contributed by atoms with E-state index in [1.807, 2.05) is 0 Å². The maximum Gasteiger partial charge on any atom is 0.139 e. The molecule has 1 nitrogen and oxygen atoms in total. The fraction of sp³-hybridized carbons (Fsp3) is 0.900. The number of fused-ring (bicyclic) bond motifs is 1. The van der Waals surface area contributed by atoms with Crippen molar-refractivity contribution in [3.05, 3.63) is 0 Å². The molecule has 0 bridgehead atoms. The van der Waals surface area contributed by atoms with Crippen LogP contribution in [0, 0.1) is 17.8 Å². The van der Waals surface area contributed by atoms with E-state index in [1.165, 1.54) is 25.7 Å². The van der Waals surface area contributed by atoms with Gasteiger partial charge < -0.3 is 0 Å². The second-order valence-corrected chi connectivity index (χ2v) is 4.18. The zero-order chi connectivity index (χ0) is 7.84. The molecular formula is C10H16O. The summed E-state index contributed by atoms with van der Waals surface area (Å²) in [7, 11) is 0. The van der Waals surface area contributed by atoms with Crippen LogP contribution < -0.4 is 0 Å². The van der Waals surface area contributed by atoms with Gasteiger partial charge in [-0.2, -0.15) is 0 Å². The van der Waals surface area contributed by atoms with E-state index < -0.39 is 0 Å². The molecule has 11 heavy (non-hydrogen) atoms. The minimum absolute atomic E-state index is 0.370. The maximum absolute atomic E-state index is 11.6. The summed E-state index contributed by atoms with van der Waals surface area (Å²) in [5.41, 5.74) is 0. The van der Waals surface area contributed by atoms with Gasteiger partial charge in [0.1, 0.15) is 5.78 Å². The molecular weight excluding hydrogens is 136 g/mol. The highest BCUT2D eigenvalue weighted by Gasteiger charge is 2.38. The minimum Gasteiger partial charge on any atom is -0.299 e. The van der Waals surface area contributed by atoms with Crippen LogP contribution in [-0.2, 0) is 4.79 Å². The van der Waals surface area contributed by atoms with Crippen LogP contribution >= 0.6 is 0 Å². The predicted octanol–water partition coefficient (Wildman–Crippen LogP) is 2.40. The van der Waals surface area contributed by atoms with E-state index in [1.54, 1.807) is 0 Å². The molecule has 2 saturated carbocycles. The number of hydrogen-bond donors (Lipinski definition) is 0. The summed E-state index contributed by atoms with van der Waals surface area (Å²) < 4.78 is 0. The van der Waals surface area contributed by atoms with E-state index in [-0.39, 0.29) is 0 Å². The molecule has 0 aromatic rings. The molecule has 1 heteroatoms. The number of carbonyl (C=O) groups is 1. The SMILES string of the molecule is CC1CCC2CCCC2C1=O. The van der Waals surface area contributed by atoms with Crippen LogP contribution in [-0.4, -0.2) is 5.78 Å². The summed E-state index contributed by atoms with van der Waals surface area (Å²) >= 11 is 0. The Morgan fingerprint density at radius 2 is 2.00 bits per heavy atom. The zero-order valence-electron chi connectivity index (χ0n) is 7.18. The highest BCUT2D eigenvalue weighted by molar-refractivity contribution is 5.84. The van der Waals surface area contributed by atoms with Gasteiger partial charge in [0.05, 0.1) is 0 Å². The van der Waals surface area contributed by atoms with E-state index in [0.717, 1.165) is 12.3 Å². The largest absolute Gasteiger partial charge is 0.299 e. The Kier molecular flexibility index (Phi) is 1.74. The third-order valence-corrected chi connectivity index (χ3v) is 3.48. The quantitative estimate of drug-likeness (QED) is 0.521. The molecule has 0 aromatic carbocycles. The monoisotopic (exact) mass is 152 g/mol. The number of hydrogen-bond acceptors (Lipinski definition) is 1. The Morgan fingerprint density at radius 1 is 1.18 bits per heavy atom. The highest BCUT2D eigenvalue weighted by atomic mass is 16.1. The van der Waals surface area contributed by atoms with Crippen molar-refractivity contribution < 1.29 is 4.79 Å².